The number of fused-ring (bicyclic) bond motifs is 11. The Morgan fingerprint density at radius 1 is 0.451 bits per heavy atom. The molecule has 0 amide bonds. The largest absolute Gasteiger partial charge is 0.487 e. The highest BCUT2D eigenvalue weighted by Gasteiger charge is 2.53. The van der Waals surface area contributed by atoms with E-state index in [2.05, 4.69) is 193 Å². The van der Waals surface area contributed by atoms with Gasteiger partial charge >= 0.3 is 0 Å². The molecule has 2 aliphatic carbocycles. The van der Waals surface area contributed by atoms with Crippen LogP contribution in [0.4, 0.5) is 17.1 Å². The van der Waals surface area contributed by atoms with Crippen LogP contribution in [-0.2, 0) is 11.8 Å². The Morgan fingerprint density at radius 3 is 1.71 bits per heavy atom. The number of rotatable bonds is 4. The minimum Gasteiger partial charge on any atom is -0.487 e. The van der Waals surface area contributed by atoms with Crippen LogP contribution >= 0.6 is 0 Å². The molecule has 7 aromatic rings. The van der Waals surface area contributed by atoms with Crippen LogP contribution in [0, 0.1) is 0 Å². The van der Waals surface area contributed by atoms with Gasteiger partial charge in [0.25, 0.3) is 0 Å². The van der Waals surface area contributed by atoms with Crippen molar-refractivity contribution in [2.75, 3.05) is 11.5 Å². The molecule has 51 heavy (non-hydrogen) atoms. The van der Waals surface area contributed by atoms with E-state index >= 15 is 0 Å². The maximum Gasteiger partial charge on any atom is 0.147 e. The molecule has 0 atom stereocenters. The summed E-state index contributed by atoms with van der Waals surface area (Å²) in [4.78, 5) is 2.45. The van der Waals surface area contributed by atoms with Gasteiger partial charge in [0.15, 0.2) is 0 Å². The molecule has 10 rings (SSSR count). The average molecular weight is 654 g/mol. The van der Waals surface area contributed by atoms with E-state index in [1.165, 1.54) is 61.2 Å². The molecule has 242 valence electrons. The SMILES string of the molecule is C1=CCOc2c(cccc2N(c2ccc(-c3ccccc3)cc2)c2cccc3c2C2(c4ccccc4-c4ccccc42)c2ccccc2-3)CC=C1. The van der Waals surface area contributed by atoms with E-state index < -0.39 is 5.41 Å². The fourth-order valence-corrected chi connectivity index (χ4v) is 8.77. The molecule has 1 spiro atoms. The number of anilines is 3. The Balaban J connectivity index is 1.29. The first-order valence-electron chi connectivity index (χ1n) is 17.8. The first kappa shape index (κ1) is 29.5. The topological polar surface area (TPSA) is 12.5 Å². The normalized spacial score (nSPS) is 14.3. The minimum atomic E-state index is -0.495. The molecule has 7 aromatic carbocycles. The van der Waals surface area contributed by atoms with Gasteiger partial charge in [-0.3, -0.25) is 0 Å². The molecule has 0 radical (unpaired) electrons. The van der Waals surface area contributed by atoms with Crippen molar-refractivity contribution in [3.63, 3.8) is 0 Å². The highest BCUT2D eigenvalue weighted by atomic mass is 16.5. The third-order valence-electron chi connectivity index (χ3n) is 10.8. The van der Waals surface area contributed by atoms with Gasteiger partial charge in [0.1, 0.15) is 12.4 Å². The molecule has 0 fully saturated rings. The lowest BCUT2D eigenvalue weighted by Gasteiger charge is -2.36. The van der Waals surface area contributed by atoms with Crippen LogP contribution < -0.4 is 9.64 Å². The highest BCUT2D eigenvalue weighted by Crippen LogP contribution is 2.65. The van der Waals surface area contributed by atoms with Gasteiger partial charge in [0, 0.05) is 16.8 Å². The summed E-state index contributed by atoms with van der Waals surface area (Å²) >= 11 is 0. The predicted octanol–water partition coefficient (Wildman–Crippen LogP) is 12.2. The molecule has 0 saturated carbocycles. The summed E-state index contributed by atoms with van der Waals surface area (Å²) < 4.78 is 6.70. The van der Waals surface area contributed by atoms with Gasteiger partial charge in [-0.1, -0.05) is 158 Å². The zero-order valence-corrected chi connectivity index (χ0v) is 28.2. The van der Waals surface area contributed by atoms with Crippen molar-refractivity contribution in [2.24, 2.45) is 0 Å². The fourth-order valence-electron chi connectivity index (χ4n) is 8.77. The maximum absolute atomic E-state index is 6.70. The number of benzene rings is 7. The molecule has 0 aromatic heterocycles. The van der Waals surface area contributed by atoms with Gasteiger partial charge < -0.3 is 9.64 Å². The standard InChI is InChI=1S/C49H35NO/c1-2-13-33-51-48-36(18-4-1)19-14-28-46(48)50(37-31-29-35(30-32-37)34-16-5-3-6-17-34)45-27-15-23-41-40-22-9-12-26-44(40)49(47(41)45)42-24-10-7-20-38(42)39-21-8-11-25-43(39)49/h1-17,19-32H,18,33H2. The summed E-state index contributed by atoms with van der Waals surface area (Å²) in [5.41, 5.74) is 16.8. The van der Waals surface area contributed by atoms with Crippen LogP contribution in [0.1, 0.15) is 27.8 Å². The van der Waals surface area contributed by atoms with Gasteiger partial charge in [0.05, 0.1) is 16.8 Å². The van der Waals surface area contributed by atoms with Crippen molar-refractivity contribution in [1.29, 1.82) is 0 Å². The van der Waals surface area contributed by atoms with Crippen LogP contribution in [0.2, 0.25) is 0 Å². The Hall–Kier alpha value is -6.38. The number of allylic oxidation sites excluding steroid dienone is 3. The lowest BCUT2D eigenvalue weighted by atomic mass is 9.70. The summed E-state index contributed by atoms with van der Waals surface area (Å²) in [6.07, 6.45) is 9.28. The van der Waals surface area contributed by atoms with E-state index in [-0.39, 0.29) is 0 Å². The molecule has 2 nitrogen and oxygen atoms in total. The Labute approximate surface area is 299 Å². The molecular formula is C49H35NO. The van der Waals surface area contributed by atoms with Gasteiger partial charge in [-0.15, -0.1) is 0 Å². The predicted molar refractivity (Wildman–Crippen MR) is 210 cm³/mol. The molecule has 1 heterocycles. The number of hydrogen-bond donors (Lipinski definition) is 0. The third-order valence-corrected chi connectivity index (χ3v) is 10.8. The first-order chi connectivity index (χ1) is 25.3. The minimum absolute atomic E-state index is 0.495. The third kappa shape index (κ3) is 4.43. The molecule has 2 heteroatoms. The quantitative estimate of drug-likeness (QED) is 0.187. The monoisotopic (exact) mass is 653 g/mol. The summed E-state index contributed by atoms with van der Waals surface area (Å²) in [7, 11) is 0. The Bertz CT molecular complexity index is 2440. The molecule has 0 N–H and O–H groups in total. The van der Waals surface area contributed by atoms with E-state index in [0.717, 1.165) is 29.2 Å². The summed E-state index contributed by atoms with van der Waals surface area (Å²) in [5.74, 6) is 0.912. The number of nitrogens with zero attached hydrogens (tertiary/aromatic N) is 1. The average Bonchev–Trinajstić information content (AvgIpc) is 3.71. The van der Waals surface area contributed by atoms with Crippen molar-refractivity contribution >= 4 is 17.1 Å². The van der Waals surface area contributed by atoms with E-state index in [1.54, 1.807) is 0 Å². The molecular weight excluding hydrogens is 619 g/mol. The molecule has 0 unspecified atom stereocenters. The van der Waals surface area contributed by atoms with E-state index in [1.807, 2.05) is 0 Å². The molecule has 0 bridgehead atoms. The van der Waals surface area contributed by atoms with Crippen LogP contribution in [0.5, 0.6) is 5.75 Å². The fraction of sp³-hybridized carbons (Fsp3) is 0.0612. The summed E-state index contributed by atoms with van der Waals surface area (Å²) in [6, 6.07) is 60.2. The summed E-state index contributed by atoms with van der Waals surface area (Å²) in [5, 5.41) is 0. The van der Waals surface area contributed by atoms with Crippen LogP contribution in [0.25, 0.3) is 33.4 Å². The van der Waals surface area contributed by atoms with Crippen LogP contribution in [-0.4, -0.2) is 6.61 Å². The van der Waals surface area contributed by atoms with Gasteiger partial charge in [-0.2, -0.15) is 0 Å². The molecule has 0 saturated heterocycles. The van der Waals surface area contributed by atoms with Gasteiger partial charge in [0.2, 0.25) is 0 Å². The van der Waals surface area contributed by atoms with Crippen molar-refractivity contribution in [2.45, 2.75) is 11.8 Å². The maximum atomic E-state index is 6.70. The first-order valence-corrected chi connectivity index (χ1v) is 17.8. The van der Waals surface area contributed by atoms with Gasteiger partial charge in [-0.25, -0.2) is 0 Å². The van der Waals surface area contributed by atoms with E-state index in [0.29, 0.717) is 6.61 Å². The van der Waals surface area contributed by atoms with Crippen molar-refractivity contribution in [3.8, 4) is 39.1 Å². The van der Waals surface area contributed by atoms with E-state index in [9.17, 15) is 0 Å². The molecule has 1 aliphatic heterocycles. The van der Waals surface area contributed by atoms with E-state index in [4.69, 9.17) is 4.74 Å². The van der Waals surface area contributed by atoms with Crippen LogP contribution in [0.15, 0.2) is 188 Å². The van der Waals surface area contributed by atoms with Crippen molar-refractivity contribution in [1.82, 2.24) is 0 Å². The summed E-state index contributed by atoms with van der Waals surface area (Å²) in [6.45, 7) is 0.498. The lowest BCUT2D eigenvalue weighted by molar-refractivity contribution is 0.361. The Kier molecular flexibility index (Phi) is 6.89. The second kappa shape index (κ2) is 11.9. The second-order valence-electron chi connectivity index (χ2n) is 13.5. The smallest absolute Gasteiger partial charge is 0.147 e. The van der Waals surface area contributed by atoms with Crippen molar-refractivity contribution < 1.29 is 4.74 Å². The van der Waals surface area contributed by atoms with Gasteiger partial charge in [-0.05, 0) is 86.8 Å². The van der Waals surface area contributed by atoms with Crippen molar-refractivity contribution in [3.05, 3.63) is 216 Å². The second-order valence-corrected chi connectivity index (χ2v) is 13.5. The molecule has 3 aliphatic rings. The zero-order valence-electron chi connectivity index (χ0n) is 28.2. The number of ether oxygens (including phenoxy) is 1. The number of para-hydroxylation sites is 1. The highest BCUT2D eigenvalue weighted by molar-refractivity contribution is 6.00. The van der Waals surface area contributed by atoms with Crippen LogP contribution in [0.3, 0.4) is 0 Å². The lowest BCUT2D eigenvalue weighted by Crippen LogP contribution is -2.28. The Morgan fingerprint density at radius 2 is 1.00 bits per heavy atom. The number of hydrogen-bond acceptors (Lipinski definition) is 2. The zero-order chi connectivity index (χ0) is 33.8.